The standard InChI is InChI=1S/C15H8ClF2NOS/c16-13-9-3-1-2-4-12(9)21-14(13)15(20)19-11-6-5-8(17)7-10(11)18/h1-7H,(H,19,20). The van der Waals surface area contributed by atoms with Gasteiger partial charge in [-0.3, -0.25) is 4.79 Å². The van der Waals surface area contributed by atoms with E-state index in [1.807, 2.05) is 24.3 Å². The summed E-state index contributed by atoms with van der Waals surface area (Å²) in [4.78, 5) is 12.5. The molecule has 106 valence electrons. The van der Waals surface area contributed by atoms with Gasteiger partial charge in [0.1, 0.15) is 16.5 Å². The smallest absolute Gasteiger partial charge is 0.267 e. The second kappa shape index (κ2) is 5.42. The van der Waals surface area contributed by atoms with Gasteiger partial charge in [0, 0.05) is 16.2 Å². The Bertz CT molecular complexity index is 847. The average molecular weight is 324 g/mol. The third-order valence-electron chi connectivity index (χ3n) is 2.92. The van der Waals surface area contributed by atoms with Crippen LogP contribution in [0.15, 0.2) is 42.5 Å². The number of amides is 1. The van der Waals surface area contributed by atoms with Gasteiger partial charge in [-0.05, 0) is 18.2 Å². The van der Waals surface area contributed by atoms with Gasteiger partial charge in [-0.25, -0.2) is 8.78 Å². The fraction of sp³-hybridized carbons (Fsp3) is 0. The number of anilines is 1. The Morgan fingerprint density at radius 2 is 1.90 bits per heavy atom. The van der Waals surface area contributed by atoms with Crippen LogP contribution in [0.2, 0.25) is 5.02 Å². The second-order valence-corrected chi connectivity index (χ2v) is 5.75. The Balaban J connectivity index is 1.95. The molecule has 0 unspecified atom stereocenters. The summed E-state index contributed by atoms with van der Waals surface area (Å²) in [6, 6.07) is 10.3. The van der Waals surface area contributed by atoms with Crippen LogP contribution >= 0.6 is 22.9 Å². The highest BCUT2D eigenvalue weighted by Gasteiger charge is 2.18. The maximum absolute atomic E-state index is 13.5. The molecule has 0 radical (unpaired) electrons. The first-order chi connectivity index (χ1) is 10.1. The van der Waals surface area contributed by atoms with Gasteiger partial charge in [0.15, 0.2) is 0 Å². The number of carbonyl (C=O) groups is 1. The Morgan fingerprint density at radius 3 is 2.62 bits per heavy atom. The summed E-state index contributed by atoms with van der Waals surface area (Å²) in [6.45, 7) is 0. The molecule has 2 aromatic carbocycles. The lowest BCUT2D eigenvalue weighted by molar-refractivity contribution is 0.103. The summed E-state index contributed by atoms with van der Waals surface area (Å²) < 4.78 is 27.3. The third kappa shape index (κ3) is 2.62. The van der Waals surface area contributed by atoms with Gasteiger partial charge in [0.05, 0.1) is 10.7 Å². The highest BCUT2D eigenvalue weighted by Crippen LogP contribution is 2.35. The van der Waals surface area contributed by atoms with Crippen LogP contribution in [0.3, 0.4) is 0 Å². The monoisotopic (exact) mass is 323 g/mol. The fourth-order valence-electron chi connectivity index (χ4n) is 1.93. The number of benzene rings is 2. The van der Waals surface area contributed by atoms with E-state index in [1.54, 1.807) is 0 Å². The van der Waals surface area contributed by atoms with Crippen LogP contribution in [0.5, 0.6) is 0 Å². The molecule has 3 aromatic rings. The Hall–Kier alpha value is -1.98. The van der Waals surface area contributed by atoms with Crippen LogP contribution in [0.25, 0.3) is 10.1 Å². The van der Waals surface area contributed by atoms with Crippen LogP contribution in [0.4, 0.5) is 14.5 Å². The van der Waals surface area contributed by atoms with Gasteiger partial charge in [-0.2, -0.15) is 0 Å². The van der Waals surface area contributed by atoms with E-state index in [-0.39, 0.29) is 5.69 Å². The van der Waals surface area contributed by atoms with Crippen molar-refractivity contribution in [3.8, 4) is 0 Å². The van der Waals surface area contributed by atoms with Crippen molar-refractivity contribution in [2.45, 2.75) is 0 Å². The van der Waals surface area contributed by atoms with E-state index >= 15 is 0 Å². The molecule has 0 bridgehead atoms. The predicted molar refractivity (Wildman–Crippen MR) is 81.1 cm³/mol. The molecule has 1 heterocycles. The minimum Gasteiger partial charge on any atom is -0.319 e. The van der Waals surface area contributed by atoms with Gasteiger partial charge in [0.25, 0.3) is 5.91 Å². The van der Waals surface area contributed by atoms with E-state index in [1.165, 1.54) is 17.4 Å². The predicted octanol–water partition coefficient (Wildman–Crippen LogP) is 5.09. The average Bonchev–Trinajstić information content (AvgIpc) is 2.80. The Labute approximate surface area is 128 Å². The van der Waals surface area contributed by atoms with Crippen molar-refractivity contribution >= 4 is 44.6 Å². The molecule has 1 aromatic heterocycles. The number of hydrogen-bond donors (Lipinski definition) is 1. The molecule has 0 fully saturated rings. The zero-order valence-corrected chi connectivity index (χ0v) is 12.1. The normalized spacial score (nSPS) is 10.8. The van der Waals surface area contributed by atoms with Crippen LogP contribution < -0.4 is 5.32 Å². The zero-order chi connectivity index (χ0) is 15.0. The number of nitrogens with one attached hydrogen (secondary N) is 1. The highest BCUT2D eigenvalue weighted by atomic mass is 35.5. The van der Waals surface area contributed by atoms with Crippen LogP contribution in [0, 0.1) is 11.6 Å². The maximum Gasteiger partial charge on any atom is 0.267 e. The lowest BCUT2D eigenvalue weighted by Gasteiger charge is -2.05. The summed E-state index contributed by atoms with van der Waals surface area (Å²) in [7, 11) is 0. The van der Waals surface area contributed by atoms with Gasteiger partial charge < -0.3 is 5.32 Å². The third-order valence-corrected chi connectivity index (χ3v) is 4.59. The SMILES string of the molecule is O=C(Nc1ccc(F)cc1F)c1sc2ccccc2c1Cl. The van der Waals surface area contributed by atoms with Crippen molar-refractivity contribution in [1.29, 1.82) is 0 Å². The van der Waals surface area contributed by atoms with Crippen molar-refractivity contribution < 1.29 is 13.6 Å². The Morgan fingerprint density at radius 1 is 1.14 bits per heavy atom. The molecule has 0 aliphatic heterocycles. The molecular formula is C15H8ClF2NOS. The maximum atomic E-state index is 13.5. The van der Waals surface area contributed by atoms with Crippen molar-refractivity contribution in [2.75, 3.05) is 5.32 Å². The van der Waals surface area contributed by atoms with E-state index in [2.05, 4.69) is 5.32 Å². The second-order valence-electron chi connectivity index (χ2n) is 4.32. The van der Waals surface area contributed by atoms with Gasteiger partial charge in [0.2, 0.25) is 0 Å². The van der Waals surface area contributed by atoms with E-state index in [4.69, 9.17) is 11.6 Å². The fourth-order valence-corrected chi connectivity index (χ4v) is 3.34. The summed E-state index contributed by atoms with van der Waals surface area (Å²) in [6.07, 6.45) is 0. The molecule has 21 heavy (non-hydrogen) atoms. The Kier molecular flexibility index (Phi) is 3.61. The van der Waals surface area contributed by atoms with Crippen molar-refractivity contribution in [3.63, 3.8) is 0 Å². The first-order valence-corrected chi connectivity index (χ1v) is 7.19. The molecule has 2 nitrogen and oxygen atoms in total. The van der Waals surface area contributed by atoms with Crippen LogP contribution in [-0.2, 0) is 0 Å². The van der Waals surface area contributed by atoms with Crippen LogP contribution in [-0.4, -0.2) is 5.91 Å². The summed E-state index contributed by atoms with van der Waals surface area (Å²) >= 11 is 7.40. The lowest BCUT2D eigenvalue weighted by Crippen LogP contribution is -2.12. The van der Waals surface area contributed by atoms with Crippen LogP contribution in [0.1, 0.15) is 9.67 Å². The van der Waals surface area contributed by atoms with Crippen molar-refractivity contribution in [2.24, 2.45) is 0 Å². The number of rotatable bonds is 2. The topological polar surface area (TPSA) is 29.1 Å². The molecule has 1 N–H and O–H groups in total. The minimum atomic E-state index is -0.833. The first-order valence-electron chi connectivity index (χ1n) is 5.99. The molecule has 0 saturated heterocycles. The number of fused-ring (bicyclic) bond motifs is 1. The van der Waals surface area contributed by atoms with Gasteiger partial charge in [-0.1, -0.05) is 29.8 Å². The lowest BCUT2D eigenvalue weighted by atomic mass is 10.2. The van der Waals surface area contributed by atoms with Gasteiger partial charge >= 0.3 is 0 Å². The first kappa shape index (κ1) is 14.0. The molecule has 6 heteroatoms. The number of halogens is 3. The van der Waals surface area contributed by atoms with E-state index in [9.17, 15) is 13.6 Å². The molecule has 3 rings (SSSR count). The van der Waals surface area contributed by atoms with Crippen molar-refractivity contribution in [1.82, 2.24) is 0 Å². The molecule has 1 amide bonds. The highest BCUT2D eigenvalue weighted by molar-refractivity contribution is 7.21. The molecule has 0 spiro atoms. The van der Waals surface area contributed by atoms with E-state index in [0.717, 1.165) is 16.2 Å². The molecule has 0 aliphatic rings. The van der Waals surface area contributed by atoms with Gasteiger partial charge in [-0.15, -0.1) is 11.3 Å². The van der Waals surface area contributed by atoms with E-state index in [0.29, 0.717) is 16.0 Å². The van der Waals surface area contributed by atoms with Crippen molar-refractivity contribution in [3.05, 3.63) is 64.0 Å². The molecule has 0 aliphatic carbocycles. The minimum absolute atomic E-state index is 0.0880. The zero-order valence-electron chi connectivity index (χ0n) is 10.5. The molecule has 0 saturated carbocycles. The summed E-state index contributed by atoms with van der Waals surface area (Å²) in [5.41, 5.74) is -0.0880. The molecule has 0 atom stereocenters. The quantitative estimate of drug-likeness (QED) is 0.699. The van der Waals surface area contributed by atoms with E-state index < -0.39 is 17.5 Å². The summed E-state index contributed by atoms with van der Waals surface area (Å²) in [5.74, 6) is -2.06. The molecular weight excluding hydrogens is 316 g/mol. The number of hydrogen-bond acceptors (Lipinski definition) is 2. The summed E-state index contributed by atoms with van der Waals surface area (Å²) in [5, 5.41) is 3.50. The number of thiophene rings is 1. The number of carbonyl (C=O) groups excluding carboxylic acids is 1. The largest absolute Gasteiger partial charge is 0.319 e.